The molecular formula is C13H13NO2. The maximum atomic E-state index is 10.9. The van der Waals surface area contributed by atoms with Gasteiger partial charge in [-0.3, -0.25) is 4.79 Å². The third-order valence-electron chi connectivity index (χ3n) is 2.19. The summed E-state index contributed by atoms with van der Waals surface area (Å²) in [4.78, 5) is 10.9. The van der Waals surface area contributed by atoms with Crippen LogP contribution in [0.25, 0.3) is 6.08 Å². The highest BCUT2D eigenvalue weighted by molar-refractivity contribution is 5.72. The molecule has 0 heterocycles. The van der Waals surface area contributed by atoms with Crippen molar-refractivity contribution in [3.63, 3.8) is 0 Å². The number of benzene rings is 1. The lowest BCUT2D eigenvalue weighted by Gasteiger charge is -1.98. The predicted molar refractivity (Wildman–Crippen MR) is 61.6 cm³/mol. The minimum Gasteiger partial charge on any atom is -0.469 e. The molecule has 1 rings (SSSR count). The number of esters is 1. The van der Waals surface area contributed by atoms with Gasteiger partial charge in [0.15, 0.2) is 0 Å². The lowest BCUT2D eigenvalue weighted by atomic mass is 10.1. The molecule has 82 valence electrons. The van der Waals surface area contributed by atoms with Crippen molar-refractivity contribution in [1.29, 1.82) is 5.26 Å². The molecular weight excluding hydrogens is 202 g/mol. The number of carbonyl (C=O) groups excluding carboxylic acids is 1. The number of ether oxygens (including phenoxy) is 1. The predicted octanol–water partition coefficient (Wildman–Crippen LogP) is 2.44. The van der Waals surface area contributed by atoms with Gasteiger partial charge in [-0.1, -0.05) is 24.3 Å². The van der Waals surface area contributed by atoms with Crippen molar-refractivity contribution in [2.24, 2.45) is 0 Å². The Morgan fingerprint density at radius 3 is 2.88 bits per heavy atom. The minimum atomic E-state index is -0.262. The van der Waals surface area contributed by atoms with E-state index in [1.807, 2.05) is 25.1 Å². The van der Waals surface area contributed by atoms with Gasteiger partial charge in [0.2, 0.25) is 0 Å². The first-order valence-electron chi connectivity index (χ1n) is 4.91. The van der Waals surface area contributed by atoms with Crippen molar-refractivity contribution < 1.29 is 9.53 Å². The molecule has 1 aromatic carbocycles. The maximum Gasteiger partial charge on any atom is 0.309 e. The monoisotopic (exact) mass is 215 g/mol. The van der Waals surface area contributed by atoms with Gasteiger partial charge in [0.05, 0.1) is 25.2 Å². The largest absolute Gasteiger partial charge is 0.469 e. The summed E-state index contributed by atoms with van der Waals surface area (Å²) in [5.41, 5.74) is 2.58. The van der Waals surface area contributed by atoms with E-state index in [1.54, 1.807) is 12.1 Å². The van der Waals surface area contributed by atoms with Crippen molar-refractivity contribution in [1.82, 2.24) is 0 Å². The first-order valence-corrected chi connectivity index (χ1v) is 4.91. The van der Waals surface area contributed by atoms with Crippen molar-refractivity contribution >= 4 is 12.0 Å². The molecule has 0 aliphatic rings. The molecule has 3 nitrogen and oxygen atoms in total. The Bertz CT molecular complexity index is 455. The van der Waals surface area contributed by atoms with Gasteiger partial charge >= 0.3 is 5.97 Å². The van der Waals surface area contributed by atoms with E-state index in [2.05, 4.69) is 10.8 Å². The van der Waals surface area contributed by atoms with Gasteiger partial charge in [-0.05, 0) is 24.1 Å². The lowest BCUT2D eigenvalue weighted by molar-refractivity contribution is -0.139. The number of hydrogen-bond donors (Lipinski definition) is 0. The van der Waals surface area contributed by atoms with E-state index in [0.717, 1.165) is 11.1 Å². The smallest absolute Gasteiger partial charge is 0.309 e. The zero-order chi connectivity index (χ0) is 12.0. The Kier molecular flexibility index (Phi) is 4.28. The molecule has 0 aromatic heterocycles. The fourth-order valence-electron chi connectivity index (χ4n) is 1.29. The molecule has 0 bridgehead atoms. The normalized spacial score (nSPS) is 10.1. The highest BCUT2D eigenvalue weighted by atomic mass is 16.5. The second-order valence-electron chi connectivity index (χ2n) is 3.37. The Morgan fingerprint density at radius 1 is 1.56 bits per heavy atom. The molecule has 0 spiro atoms. The summed E-state index contributed by atoms with van der Waals surface area (Å²) in [6.07, 6.45) is 3.84. The van der Waals surface area contributed by atoms with E-state index < -0.39 is 0 Å². The fourth-order valence-corrected chi connectivity index (χ4v) is 1.29. The molecule has 0 unspecified atom stereocenters. The Balaban J connectivity index is 2.72. The van der Waals surface area contributed by atoms with E-state index in [1.165, 1.54) is 7.11 Å². The fraction of sp³-hybridized carbons (Fsp3) is 0.231. The molecule has 16 heavy (non-hydrogen) atoms. The number of nitrogens with zero attached hydrogens (tertiary/aromatic N) is 1. The van der Waals surface area contributed by atoms with Crippen LogP contribution < -0.4 is 0 Å². The second-order valence-corrected chi connectivity index (χ2v) is 3.37. The SMILES string of the molecule is COC(=O)CC=Cc1ccc(C#N)c(C)c1. The molecule has 0 aliphatic heterocycles. The van der Waals surface area contributed by atoms with Crippen LogP contribution in [0.5, 0.6) is 0 Å². The summed E-state index contributed by atoms with van der Waals surface area (Å²) in [5, 5.41) is 8.76. The molecule has 0 fully saturated rings. The average molecular weight is 215 g/mol. The van der Waals surface area contributed by atoms with Crippen LogP contribution in [-0.2, 0) is 9.53 Å². The molecule has 0 atom stereocenters. The minimum absolute atomic E-state index is 0.259. The van der Waals surface area contributed by atoms with Gasteiger partial charge in [-0.2, -0.15) is 5.26 Å². The van der Waals surface area contributed by atoms with Gasteiger partial charge in [0, 0.05) is 0 Å². The van der Waals surface area contributed by atoms with Crippen LogP contribution in [0.1, 0.15) is 23.1 Å². The molecule has 3 heteroatoms. The maximum absolute atomic E-state index is 10.9. The summed E-state index contributed by atoms with van der Waals surface area (Å²) in [6.45, 7) is 1.89. The molecule has 0 amide bonds. The van der Waals surface area contributed by atoms with E-state index in [9.17, 15) is 4.79 Å². The van der Waals surface area contributed by atoms with Crippen LogP contribution in [0, 0.1) is 18.3 Å². The van der Waals surface area contributed by atoms with Crippen molar-refractivity contribution in [2.45, 2.75) is 13.3 Å². The molecule has 0 radical (unpaired) electrons. The van der Waals surface area contributed by atoms with Crippen LogP contribution in [-0.4, -0.2) is 13.1 Å². The topological polar surface area (TPSA) is 50.1 Å². The lowest BCUT2D eigenvalue weighted by Crippen LogP contribution is -1.96. The van der Waals surface area contributed by atoms with Gasteiger partial charge < -0.3 is 4.74 Å². The first kappa shape index (κ1) is 12.0. The van der Waals surface area contributed by atoms with E-state index in [-0.39, 0.29) is 12.4 Å². The van der Waals surface area contributed by atoms with Gasteiger partial charge in [0.1, 0.15) is 0 Å². The number of carbonyl (C=O) groups is 1. The van der Waals surface area contributed by atoms with Crippen LogP contribution in [0.15, 0.2) is 24.3 Å². The van der Waals surface area contributed by atoms with Crippen LogP contribution in [0.2, 0.25) is 0 Å². The summed E-state index contributed by atoms with van der Waals surface area (Å²) in [7, 11) is 1.36. The summed E-state index contributed by atoms with van der Waals surface area (Å²) in [5.74, 6) is -0.262. The Hall–Kier alpha value is -2.08. The van der Waals surface area contributed by atoms with Crippen molar-refractivity contribution in [3.8, 4) is 6.07 Å². The molecule has 0 aliphatic carbocycles. The molecule has 0 saturated carbocycles. The number of rotatable bonds is 3. The molecule has 0 N–H and O–H groups in total. The quantitative estimate of drug-likeness (QED) is 0.727. The highest BCUT2D eigenvalue weighted by Crippen LogP contribution is 2.11. The van der Waals surface area contributed by atoms with Crippen LogP contribution in [0.4, 0.5) is 0 Å². The molecule has 1 aromatic rings. The van der Waals surface area contributed by atoms with Crippen molar-refractivity contribution in [3.05, 3.63) is 41.0 Å². The molecule has 0 saturated heterocycles. The van der Waals surface area contributed by atoms with Gasteiger partial charge in [-0.25, -0.2) is 0 Å². The Morgan fingerprint density at radius 2 is 2.31 bits per heavy atom. The average Bonchev–Trinajstić information content (AvgIpc) is 2.29. The van der Waals surface area contributed by atoms with E-state index in [0.29, 0.717) is 5.56 Å². The number of hydrogen-bond acceptors (Lipinski definition) is 3. The number of methoxy groups -OCH3 is 1. The zero-order valence-electron chi connectivity index (χ0n) is 9.36. The van der Waals surface area contributed by atoms with Crippen molar-refractivity contribution in [2.75, 3.05) is 7.11 Å². The standard InChI is InChI=1S/C13H13NO2/c1-10-8-11(6-7-12(10)9-14)4-3-5-13(15)16-2/h3-4,6-8H,5H2,1-2H3. The van der Waals surface area contributed by atoms with Crippen LogP contribution in [0.3, 0.4) is 0 Å². The van der Waals surface area contributed by atoms with Gasteiger partial charge in [0.25, 0.3) is 0 Å². The third-order valence-corrected chi connectivity index (χ3v) is 2.19. The van der Waals surface area contributed by atoms with E-state index in [4.69, 9.17) is 5.26 Å². The van der Waals surface area contributed by atoms with E-state index >= 15 is 0 Å². The second kappa shape index (κ2) is 5.72. The summed E-state index contributed by atoms with van der Waals surface area (Å²) < 4.78 is 4.52. The van der Waals surface area contributed by atoms with Gasteiger partial charge in [-0.15, -0.1) is 0 Å². The number of nitriles is 1. The third kappa shape index (κ3) is 3.25. The summed E-state index contributed by atoms with van der Waals surface area (Å²) >= 11 is 0. The summed E-state index contributed by atoms with van der Waals surface area (Å²) in [6, 6.07) is 7.63. The zero-order valence-corrected chi connectivity index (χ0v) is 9.36. The number of aryl methyl sites for hydroxylation is 1. The Labute approximate surface area is 95.0 Å². The highest BCUT2D eigenvalue weighted by Gasteiger charge is 1.97. The van der Waals surface area contributed by atoms with Crippen LogP contribution >= 0.6 is 0 Å². The first-order chi connectivity index (χ1) is 7.67.